The van der Waals surface area contributed by atoms with Crippen LogP contribution in [0, 0.1) is 5.41 Å². The van der Waals surface area contributed by atoms with Crippen molar-refractivity contribution in [1.82, 2.24) is 4.90 Å². The number of amides is 3. The summed E-state index contributed by atoms with van der Waals surface area (Å²) in [6.07, 6.45) is 0.627. The molecule has 0 atom stereocenters. The molecule has 0 bridgehead atoms. The number of anilines is 1. The first-order chi connectivity index (χ1) is 16.9. The molecule has 3 amide bonds. The van der Waals surface area contributed by atoms with Crippen LogP contribution in [0.1, 0.15) is 75.1 Å². The number of nitrogens with zero attached hydrogens (tertiary/aromatic N) is 1. The van der Waals surface area contributed by atoms with Crippen molar-refractivity contribution in [2.75, 3.05) is 11.9 Å². The van der Waals surface area contributed by atoms with Crippen LogP contribution >= 0.6 is 0 Å². The zero-order valence-electron chi connectivity index (χ0n) is 21.5. The number of rotatable bonds is 6. The highest BCUT2D eigenvalue weighted by molar-refractivity contribution is 6.27. The number of benzene rings is 2. The molecule has 0 spiro atoms. The van der Waals surface area contributed by atoms with E-state index in [9.17, 15) is 24.0 Å². The maximum absolute atomic E-state index is 13.2. The van der Waals surface area contributed by atoms with Crippen molar-refractivity contribution in [3.8, 4) is 0 Å². The maximum Gasteiger partial charge on any atom is 0.261 e. The van der Waals surface area contributed by atoms with Gasteiger partial charge in [-0.15, -0.1) is 0 Å². The van der Waals surface area contributed by atoms with Crippen LogP contribution in [0.5, 0.6) is 0 Å². The third-order valence-electron chi connectivity index (χ3n) is 7.18. The minimum absolute atomic E-state index is 0.0317. The van der Waals surface area contributed by atoms with Gasteiger partial charge in [-0.1, -0.05) is 32.9 Å². The van der Waals surface area contributed by atoms with Crippen LogP contribution in [-0.2, 0) is 14.4 Å². The maximum atomic E-state index is 13.2. The highest BCUT2D eigenvalue weighted by Gasteiger charge is 2.38. The van der Waals surface area contributed by atoms with Gasteiger partial charge >= 0.3 is 0 Å². The van der Waals surface area contributed by atoms with E-state index in [1.54, 1.807) is 65.0 Å². The molecule has 0 saturated heterocycles. The van der Waals surface area contributed by atoms with Gasteiger partial charge in [-0.2, -0.15) is 0 Å². The number of ketones is 2. The third kappa shape index (κ3) is 3.88. The summed E-state index contributed by atoms with van der Waals surface area (Å²) in [5, 5.41) is 4.03. The molecule has 36 heavy (non-hydrogen) atoms. The van der Waals surface area contributed by atoms with Crippen LogP contribution in [-0.4, -0.2) is 40.7 Å². The predicted molar refractivity (Wildman–Crippen MR) is 138 cm³/mol. The van der Waals surface area contributed by atoms with Crippen LogP contribution < -0.4 is 5.32 Å². The van der Waals surface area contributed by atoms with E-state index in [2.05, 4.69) is 5.32 Å². The van der Waals surface area contributed by atoms with Gasteiger partial charge in [0, 0.05) is 68.3 Å². The molecule has 0 unspecified atom stereocenters. The van der Waals surface area contributed by atoms with Crippen molar-refractivity contribution in [1.29, 1.82) is 0 Å². The van der Waals surface area contributed by atoms with Gasteiger partial charge in [-0.3, -0.25) is 28.9 Å². The Bertz CT molecular complexity index is 1420. The minimum Gasteiger partial charge on any atom is -0.325 e. The Morgan fingerprint density at radius 1 is 0.861 bits per heavy atom. The molecule has 2 aromatic carbocycles. The highest BCUT2D eigenvalue weighted by atomic mass is 16.2. The molecule has 0 radical (unpaired) electrons. The number of nitrogens with one attached hydrogen (secondary N) is 1. The van der Waals surface area contributed by atoms with Crippen LogP contribution in [0.15, 0.2) is 52.6 Å². The Balaban J connectivity index is 1.66. The zero-order chi connectivity index (χ0) is 26.5. The average molecular weight is 487 g/mol. The minimum atomic E-state index is -0.887. The van der Waals surface area contributed by atoms with Crippen LogP contribution in [0.3, 0.4) is 0 Å². The molecule has 0 saturated carbocycles. The van der Waals surface area contributed by atoms with Gasteiger partial charge in [0.15, 0.2) is 11.6 Å². The Hall–Kier alpha value is -3.87. The molecule has 1 heterocycles. The van der Waals surface area contributed by atoms with Gasteiger partial charge in [-0.25, -0.2) is 0 Å². The number of allylic oxidation sites excluding steroid dienone is 4. The quantitative estimate of drug-likeness (QED) is 0.457. The fourth-order valence-electron chi connectivity index (χ4n) is 5.27. The monoisotopic (exact) mass is 486 g/mol. The first kappa shape index (κ1) is 25.2. The Morgan fingerprint density at radius 3 is 2.11 bits per heavy atom. The fraction of sp³-hybridized carbons (Fsp3) is 0.345. The molecule has 186 valence electrons. The normalized spacial score (nSPS) is 16.4. The topological polar surface area (TPSA) is 101 Å². The summed E-state index contributed by atoms with van der Waals surface area (Å²) < 4.78 is 0. The second-order valence-electron chi connectivity index (χ2n) is 10.2. The van der Waals surface area contributed by atoms with E-state index in [-0.39, 0.29) is 35.7 Å². The molecule has 0 aromatic heterocycles. The molecular weight excluding hydrogens is 456 g/mol. The molecule has 1 aliphatic carbocycles. The molecule has 0 fully saturated rings. The lowest BCUT2D eigenvalue weighted by molar-refractivity contribution is -0.119. The Kier molecular flexibility index (Phi) is 6.29. The van der Waals surface area contributed by atoms with Crippen molar-refractivity contribution in [3.05, 3.63) is 63.8 Å². The van der Waals surface area contributed by atoms with Crippen molar-refractivity contribution >= 4 is 45.7 Å². The number of imide groups is 1. The van der Waals surface area contributed by atoms with E-state index < -0.39 is 5.41 Å². The first-order valence-corrected chi connectivity index (χ1v) is 12.1. The molecule has 7 heteroatoms. The molecule has 2 aliphatic rings. The summed E-state index contributed by atoms with van der Waals surface area (Å²) in [6, 6.07) is 8.50. The SMILES string of the molecule is CCCN1C(=O)c2cccc3c(NC(=O)CC(C)(C)C4=C(C)C(=O)C(C)=C(C)C4=O)ccc(c23)C1=O. The van der Waals surface area contributed by atoms with E-state index in [0.29, 0.717) is 62.8 Å². The first-order valence-electron chi connectivity index (χ1n) is 12.1. The van der Waals surface area contributed by atoms with E-state index in [1.807, 2.05) is 6.92 Å². The molecule has 4 rings (SSSR count). The zero-order valence-corrected chi connectivity index (χ0v) is 21.5. The predicted octanol–water partition coefficient (Wildman–Crippen LogP) is 5.01. The largest absolute Gasteiger partial charge is 0.325 e. The lowest BCUT2D eigenvalue weighted by atomic mass is 9.71. The lowest BCUT2D eigenvalue weighted by Crippen LogP contribution is -2.40. The van der Waals surface area contributed by atoms with E-state index in [1.165, 1.54) is 4.90 Å². The van der Waals surface area contributed by atoms with Gasteiger partial charge in [0.25, 0.3) is 11.8 Å². The summed E-state index contributed by atoms with van der Waals surface area (Å²) in [5.41, 5.74) is 2.02. The van der Waals surface area contributed by atoms with Crippen molar-refractivity contribution in [3.63, 3.8) is 0 Å². The number of Topliss-reactive ketones (excluding diaryl/α,β-unsaturated/α-hetero) is 2. The number of hydrogen-bond donors (Lipinski definition) is 1. The summed E-state index contributed by atoms with van der Waals surface area (Å²) in [7, 11) is 0. The number of hydrogen-bond acceptors (Lipinski definition) is 5. The number of carbonyl (C=O) groups excluding carboxylic acids is 5. The van der Waals surface area contributed by atoms with Crippen LogP contribution in [0.25, 0.3) is 10.8 Å². The summed E-state index contributed by atoms with van der Waals surface area (Å²) in [5.74, 6) is -1.41. The van der Waals surface area contributed by atoms with E-state index in [4.69, 9.17) is 0 Å². The standard InChI is InChI=1S/C29H30N2O5/c1-7-13-31-27(35)19-10-8-9-18-21(12-11-20(23(18)19)28(31)36)30-22(32)14-29(5,6)24-17(4)25(33)15(2)16(3)26(24)34/h8-12H,7,13-14H2,1-6H3,(H,30,32). The van der Waals surface area contributed by atoms with Crippen molar-refractivity contribution < 1.29 is 24.0 Å². The third-order valence-corrected chi connectivity index (χ3v) is 7.18. The molecular formula is C29H30N2O5. The molecule has 1 N–H and O–H groups in total. The van der Waals surface area contributed by atoms with Gasteiger partial charge in [0.1, 0.15) is 0 Å². The van der Waals surface area contributed by atoms with Crippen LogP contribution in [0.4, 0.5) is 5.69 Å². The second-order valence-corrected chi connectivity index (χ2v) is 10.2. The highest BCUT2D eigenvalue weighted by Crippen LogP contribution is 2.40. The second kappa shape index (κ2) is 8.97. The number of carbonyl (C=O) groups is 5. The molecule has 1 aliphatic heterocycles. The summed E-state index contributed by atoms with van der Waals surface area (Å²) in [6.45, 7) is 10.7. The van der Waals surface area contributed by atoms with Gasteiger partial charge in [-0.05, 0) is 45.4 Å². The molecule has 7 nitrogen and oxygen atoms in total. The molecule has 2 aromatic rings. The fourth-order valence-corrected chi connectivity index (χ4v) is 5.27. The van der Waals surface area contributed by atoms with Gasteiger partial charge < -0.3 is 5.32 Å². The average Bonchev–Trinajstić information content (AvgIpc) is 2.82. The Morgan fingerprint density at radius 2 is 1.47 bits per heavy atom. The van der Waals surface area contributed by atoms with Crippen LogP contribution in [0.2, 0.25) is 0 Å². The van der Waals surface area contributed by atoms with Crippen molar-refractivity contribution in [2.24, 2.45) is 5.41 Å². The van der Waals surface area contributed by atoms with Crippen molar-refractivity contribution in [2.45, 2.75) is 54.4 Å². The van der Waals surface area contributed by atoms with Gasteiger partial charge in [0.2, 0.25) is 5.91 Å². The summed E-state index contributed by atoms with van der Waals surface area (Å²) >= 11 is 0. The summed E-state index contributed by atoms with van der Waals surface area (Å²) in [4.78, 5) is 66.1. The van der Waals surface area contributed by atoms with E-state index in [0.717, 1.165) is 0 Å². The Labute approximate surface area is 210 Å². The van der Waals surface area contributed by atoms with Gasteiger partial charge in [0.05, 0.1) is 0 Å². The smallest absolute Gasteiger partial charge is 0.261 e. The van der Waals surface area contributed by atoms with E-state index >= 15 is 0 Å². The lowest BCUT2D eigenvalue weighted by Gasteiger charge is -2.31.